The number of rotatable bonds is 5. The van der Waals surface area contributed by atoms with Crippen LogP contribution in [0.1, 0.15) is 32.3 Å². The summed E-state index contributed by atoms with van der Waals surface area (Å²) in [5.41, 5.74) is 0.848. The number of aryl methyl sites for hydroxylation is 1. The first kappa shape index (κ1) is 18.7. The SMILES string of the molecule is COc1ccc(C)cc1S(=O)(=O)N1CCC[C@H](C(=O)NC(C)C)C1. The van der Waals surface area contributed by atoms with E-state index in [0.717, 1.165) is 5.56 Å². The fraction of sp³-hybridized carbons (Fsp3) is 0.588. The van der Waals surface area contributed by atoms with Crippen molar-refractivity contribution in [1.82, 2.24) is 9.62 Å². The number of piperidine rings is 1. The lowest BCUT2D eigenvalue weighted by Crippen LogP contribution is -2.46. The average molecular weight is 354 g/mol. The van der Waals surface area contributed by atoms with E-state index < -0.39 is 10.0 Å². The lowest BCUT2D eigenvalue weighted by molar-refractivity contribution is -0.126. The van der Waals surface area contributed by atoms with Gasteiger partial charge in [-0.25, -0.2) is 8.42 Å². The van der Waals surface area contributed by atoms with Crippen molar-refractivity contribution in [2.75, 3.05) is 20.2 Å². The molecule has 0 radical (unpaired) electrons. The summed E-state index contributed by atoms with van der Waals surface area (Å²) in [7, 11) is -2.24. The topological polar surface area (TPSA) is 75.7 Å². The Bertz CT molecular complexity index is 701. The Balaban J connectivity index is 2.26. The number of nitrogens with one attached hydrogen (secondary N) is 1. The molecule has 1 heterocycles. The molecule has 0 bridgehead atoms. The van der Waals surface area contributed by atoms with Gasteiger partial charge in [0.05, 0.1) is 13.0 Å². The summed E-state index contributed by atoms with van der Waals surface area (Å²) < 4.78 is 32.7. The molecule has 1 aliphatic rings. The Hall–Kier alpha value is -1.60. The molecular formula is C17H26N2O4S. The van der Waals surface area contributed by atoms with Crippen molar-refractivity contribution in [2.45, 2.75) is 44.6 Å². The molecular weight excluding hydrogens is 328 g/mol. The first-order valence-corrected chi connectivity index (χ1v) is 9.65. The van der Waals surface area contributed by atoms with Crippen molar-refractivity contribution < 1.29 is 17.9 Å². The van der Waals surface area contributed by atoms with E-state index in [1.165, 1.54) is 11.4 Å². The summed E-state index contributed by atoms with van der Waals surface area (Å²) in [4.78, 5) is 12.4. The van der Waals surface area contributed by atoms with Crippen LogP contribution < -0.4 is 10.1 Å². The molecule has 134 valence electrons. The predicted molar refractivity (Wildman–Crippen MR) is 92.5 cm³/mol. The van der Waals surface area contributed by atoms with Gasteiger partial charge in [0.1, 0.15) is 10.6 Å². The van der Waals surface area contributed by atoms with Gasteiger partial charge >= 0.3 is 0 Å². The zero-order valence-corrected chi connectivity index (χ0v) is 15.5. The first-order chi connectivity index (χ1) is 11.3. The van der Waals surface area contributed by atoms with Crippen LogP contribution in [-0.2, 0) is 14.8 Å². The number of carbonyl (C=O) groups is 1. The first-order valence-electron chi connectivity index (χ1n) is 8.21. The van der Waals surface area contributed by atoms with E-state index in [9.17, 15) is 13.2 Å². The molecule has 7 heteroatoms. The largest absolute Gasteiger partial charge is 0.495 e. The molecule has 1 aromatic carbocycles. The molecule has 0 aliphatic carbocycles. The number of hydrogen-bond donors (Lipinski definition) is 1. The van der Waals surface area contributed by atoms with E-state index in [2.05, 4.69) is 5.32 Å². The summed E-state index contributed by atoms with van der Waals surface area (Å²) in [6, 6.07) is 5.13. The number of amides is 1. The molecule has 1 amide bonds. The van der Waals surface area contributed by atoms with Crippen LogP contribution in [0.25, 0.3) is 0 Å². The average Bonchev–Trinajstić information content (AvgIpc) is 2.54. The number of nitrogens with zero attached hydrogens (tertiary/aromatic N) is 1. The molecule has 24 heavy (non-hydrogen) atoms. The van der Waals surface area contributed by atoms with Crippen LogP contribution in [0.15, 0.2) is 23.1 Å². The van der Waals surface area contributed by atoms with Crippen molar-refractivity contribution in [2.24, 2.45) is 5.92 Å². The second-order valence-corrected chi connectivity index (χ2v) is 8.43. The van der Waals surface area contributed by atoms with Crippen LogP contribution in [0.3, 0.4) is 0 Å². The normalized spacial score (nSPS) is 19.3. The van der Waals surface area contributed by atoms with E-state index >= 15 is 0 Å². The number of benzene rings is 1. The second-order valence-electron chi connectivity index (χ2n) is 6.52. The monoisotopic (exact) mass is 354 g/mol. The van der Waals surface area contributed by atoms with Crippen LogP contribution in [-0.4, -0.2) is 44.9 Å². The molecule has 1 saturated heterocycles. The standard InChI is InChI=1S/C17H26N2O4S/c1-12(2)18-17(20)14-6-5-9-19(11-14)24(21,22)16-10-13(3)7-8-15(16)23-4/h7-8,10,12,14H,5-6,9,11H2,1-4H3,(H,18,20)/t14-/m0/s1. The van der Waals surface area contributed by atoms with Gasteiger partial charge in [0.25, 0.3) is 0 Å². The minimum Gasteiger partial charge on any atom is -0.495 e. The van der Waals surface area contributed by atoms with Gasteiger partial charge in [-0.15, -0.1) is 0 Å². The minimum absolute atomic E-state index is 0.0429. The minimum atomic E-state index is -3.69. The van der Waals surface area contributed by atoms with Gasteiger partial charge in [-0.1, -0.05) is 6.07 Å². The smallest absolute Gasteiger partial charge is 0.246 e. The Morgan fingerprint density at radius 3 is 2.71 bits per heavy atom. The zero-order valence-electron chi connectivity index (χ0n) is 14.7. The lowest BCUT2D eigenvalue weighted by atomic mass is 9.98. The highest BCUT2D eigenvalue weighted by atomic mass is 32.2. The van der Waals surface area contributed by atoms with Gasteiger partial charge in [-0.05, 0) is 51.3 Å². The Morgan fingerprint density at radius 1 is 1.38 bits per heavy atom. The van der Waals surface area contributed by atoms with Crippen LogP contribution in [0.2, 0.25) is 0 Å². The fourth-order valence-corrected chi connectivity index (χ4v) is 4.67. The van der Waals surface area contributed by atoms with Crippen molar-refractivity contribution in [3.63, 3.8) is 0 Å². The molecule has 0 saturated carbocycles. The van der Waals surface area contributed by atoms with Crippen molar-refractivity contribution in [3.05, 3.63) is 23.8 Å². The third-order valence-electron chi connectivity index (χ3n) is 4.12. The van der Waals surface area contributed by atoms with Crippen molar-refractivity contribution >= 4 is 15.9 Å². The summed E-state index contributed by atoms with van der Waals surface area (Å²) in [6.07, 6.45) is 1.37. The molecule has 2 rings (SSSR count). The van der Waals surface area contributed by atoms with Gasteiger partial charge < -0.3 is 10.1 Å². The number of sulfonamides is 1. The lowest BCUT2D eigenvalue weighted by Gasteiger charge is -2.32. The van der Waals surface area contributed by atoms with E-state index in [-0.39, 0.29) is 29.3 Å². The molecule has 1 aliphatic heterocycles. The van der Waals surface area contributed by atoms with Crippen LogP contribution in [0, 0.1) is 12.8 Å². The number of ether oxygens (including phenoxy) is 1. The molecule has 1 fully saturated rings. The van der Waals surface area contributed by atoms with E-state index in [4.69, 9.17) is 4.74 Å². The fourth-order valence-electron chi connectivity index (χ4n) is 2.90. The summed E-state index contributed by atoms with van der Waals surface area (Å²) in [5, 5.41) is 2.87. The molecule has 0 aromatic heterocycles. The van der Waals surface area contributed by atoms with Crippen LogP contribution in [0.5, 0.6) is 5.75 Å². The summed E-state index contributed by atoms with van der Waals surface area (Å²) in [6.45, 7) is 6.26. The van der Waals surface area contributed by atoms with Gasteiger partial charge in [-0.3, -0.25) is 4.79 Å². The van der Waals surface area contributed by atoms with Crippen molar-refractivity contribution in [1.29, 1.82) is 0 Å². The highest BCUT2D eigenvalue weighted by Crippen LogP contribution is 2.30. The quantitative estimate of drug-likeness (QED) is 0.877. The number of carbonyl (C=O) groups excluding carboxylic acids is 1. The number of hydrogen-bond acceptors (Lipinski definition) is 4. The number of methoxy groups -OCH3 is 1. The van der Waals surface area contributed by atoms with Gasteiger partial charge in [0.2, 0.25) is 15.9 Å². The molecule has 1 aromatic rings. The highest BCUT2D eigenvalue weighted by molar-refractivity contribution is 7.89. The van der Waals surface area contributed by atoms with Crippen LogP contribution >= 0.6 is 0 Å². The maximum Gasteiger partial charge on any atom is 0.246 e. The van der Waals surface area contributed by atoms with Gasteiger partial charge in [0.15, 0.2) is 0 Å². The van der Waals surface area contributed by atoms with Crippen LogP contribution in [0.4, 0.5) is 0 Å². The third-order valence-corrected chi connectivity index (χ3v) is 6.01. The Kier molecular flexibility index (Phi) is 5.87. The van der Waals surface area contributed by atoms with E-state index in [0.29, 0.717) is 25.1 Å². The Morgan fingerprint density at radius 2 is 2.08 bits per heavy atom. The third kappa shape index (κ3) is 4.08. The van der Waals surface area contributed by atoms with E-state index in [1.54, 1.807) is 12.1 Å². The van der Waals surface area contributed by atoms with Gasteiger partial charge in [0, 0.05) is 19.1 Å². The molecule has 0 unspecified atom stereocenters. The van der Waals surface area contributed by atoms with Gasteiger partial charge in [-0.2, -0.15) is 4.31 Å². The maximum atomic E-state index is 13.0. The summed E-state index contributed by atoms with van der Waals surface area (Å²) in [5.74, 6) is -0.0674. The second kappa shape index (κ2) is 7.53. The van der Waals surface area contributed by atoms with Crippen molar-refractivity contribution in [3.8, 4) is 5.75 Å². The van der Waals surface area contributed by atoms with E-state index in [1.807, 2.05) is 26.8 Å². The molecule has 0 spiro atoms. The summed E-state index contributed by atoms with van der Waals surface area (Å²) >= 11 is 0. The molecule has 6 nitrogen and oxygen atoms in total. The predicted octanol–water partition coefficient (Wildman–Crippen LogP) is 1.93. The molecule has 1 N–H and O–H groups in total. The maximum absolute atomic E-state index is 13.0. The molecule has 1 atom stereocenters. The zero-order chi connectivity index (χ0) is 17.9. The highest BCUT2D eigenvalue weighted by Gasteiger charge is 2.34. The Labute approximate surface area is 144 Å².